The van der Waals surface area contributed by atoms with E-state index in [2.05, 4.69) is 48.0 Å². The van der Waals surface area contributed by atoms with Crippen molar-refractivity contribution < 1.29 is 4.52 Å². The van der Waals surface area contributed by atoms with Gasteiger partial charge in [-0.15, -0.1) is 0 Å². The summed E-state index contributed by atoms with van der Waals surface area (Å²) in [6.45, 7) is 6.64. The summed E-state index contributed by atoms with van der Waals surface area (Å²) in [7, 11) is 1.83. The second-order valence-electron chi connectivity index (χ2n) is 9.37. The molecule has 0 aliphatic carbocycles. The van der Waals surface area contributed by atoms with E-state index in [0.717, 1.165) is 16.7 Å². The van der Waals surface area contributed by atoms with Crippen LogP contribution in [0.5, 0.6) is 0 Å². The molecule has 34 heavy (non-hydrogen) atoms. The van der Waals surface area contributed by atoms with Crippen molar-refractivity contribution in [1.82, 2.24) is 24.3 Å². The quantitative estimate of drug-likeness (QED) is 0.346. The van der Waals surface area contributed by atoms with Crippen molar-refractivity contribution in [3.8, 4) is 22.5 Å². The fourth-order valence-electron chi connectivity index (χ4n) is 3.97. The largest absolute Gasteiger partial charge is 0.344 e. The summed E-state index contributed by atoms with van der Waals surface area (Å²) >= 11 is 6.02. The molecule has 0 fully saturated rings. The predicted molar refractivity (Wildman–Crippen MR) is 133 cm³/mol. The van der Waals surface area contributed by atoms with Gasteiger partial charge in [-0.1, -0.05) is 73.9 Å². The molecule has 5 rings (SSSR count). The molecule has 7 nitrogen and oxygen atoms in total. The number of aromatic nitrogens is 5. The Kier molecular flexibility index (Phi) is 5.37. The van der Waals surface area contributed by atoms with Crippen LogP contribution in [-0.4, -0.2) is 24.3 Å². The molecule has 2 aromatic carbocycles. The first-order chi connectivity index (χ1) is 16.2. The van der Waals surface area contributed by atoms with E-state index >= 15 is 0 Å². The van der Waals surface area contributed by atoms with E-state index in [1.807, 2.05) is 49.6 Å². The van der Waals surface area contributed by atoms with Gasteiger partial charge in [0, 0.05) is 29.4 Å². The van der Waals surface area contributed by atoms with Crippen molar-refractivity contribution in [2.24, 2.45) is 7.05 Å². The highest BCUT2D eigenvalue weighted by atomic mass is 35.5. The fraction of sp³-hybridized carbons (Fsp3) is 0.231. The van der Waals surface area contributed by atoms with Crippen molar-refractivity contribution >= 4 is 22.6 Å². The van der Waals surface area contributed by atoms with Crippen LogP contribution in [0.3, 0.4) is 0 Å². The van der Waals surface area contributed by atoms with Gasteiger partial charge in [0.1, 0.15) is 17.6 Å². The second-order valence-corrected chi connectivity index (χ2v) is 9.81. The number of hydrogen-bond acceptors (Lipinski definition) is 5. The molecule has 172 valence electrons. The lowest BCUT2D eigenvalue weighted by molar-refractivity contribution is 0.369. The Morgan fingerprint density at radius 2 is 1.68 bits per heavy atom. The van der Waals surface area contributed by atoms with Crippen LogP contribution >= 0.6 is 11.6 Å². The maximum atomic E-state index is 13.3. The first kappa shape index (κ1) is 22.1. The highest BCUT2D eigenvalue weighted by Crippen LogP contribution is 2.28. The maximum absolute atomic E-state index is 13.3. The third kappa shape index (κ3) is 4.03. The molecular weight excluding hydrogens is 450 g/mol. The van der Waals surface area contributed by atoms with Crippen molar-refractivity contribution in [2.75, 3.05) is 0 Å². The molecule has 0 spiro atoms. The van der Waals surface area contributed by atoms with E-state index < -0.39 is 0 Å². The first-order valence-corrected chi connectivity index (χ1v) is 11.3. The normalized spacial score (nSPS) is 11.9. The summed E-state index contributed by atoms with van der Waals surface area (Å²) in [4.78, 5) is 22.3. The van der Waals surface area contributed by atoms with Gasteiger partial charge >= 0.3 is 0 Å². The van der Waals surface area contributed by atoms with Gasteiger partial charge in [0.15, 0.2) is 0 Å². The molecular formula is C26H24ClN5O2. The van der Waals surface area contributed by atoms with Crippen LogP contribution in [0.1, 0.15) is 32.2 Å². The van der Waals surface area contributed by atoms with Gasteiger partial charge in [-0.25, -0.2) is 4.98 Å². The Balaban J connectivity index is 1.44. The smallest absolute Gasteiger partial charge is 0.278 e. The minimum Gasteiger partial charge on any atom is -0.344 e. The molecule has 0 unspecified atom stereocenters. The topological polar surface area (TPSA) is 78.7 Å². The van der Waals surface area contributed by atoms with Gasteiger partial charge in [0.2, 0.25) is 11.7 Å². The van der Waals surface area contributed by atoms with Crippen LogP contribution in [-0.2, 0) is 19.0 Å². The highest BCUT2D eigenvalue weighted by molar-refractivity contribution is 6.30. The Morgan fingerprint density at radius 1 is 1.00 bits per heavy atom. The van der Waals surface area contributed by atoms with E-state index in [1.165, 1.54) is 16.5 Å². The average Bonchev–Trinajstić information content (AvgIpc) is 3.40. The number of benzene rings is 2. The molecule has 8 heteroatoms. The Labute approximate surface area is 201 Å². The molecule has 0 bridgehead atoms. The number of nitrogens with zero attached hydrogens (tertiary/aromatic N) is 5. The second kappa shape index (κ2) is 8.25. The minimum absolute atomic E-state index is 0.0676. The molecule has 0 N–H and O–H groups in total. The summed E-state index contributed by atoms with van der Waals surface area (Å²) in [6.07, 6.45) is 3.42. The van der Waals surface area contributed by atoms with Gasteiger partial charge in [-0.3, -0.25) is 9.36 Å². The first-order valence-electron chi connectivity index (χ1n) is 10.9. The fourth-order valence-corrected chi connectivity index (χ4v) is 4.09. The number of halogens is 1. The Bertz CT molecular complexity index is 1540. The summed E-state index contributed by atoms with van der Waals surface area (Å²) in [5, 5.41) is 4.75. The van der Waals surface area contributed by atoms with Crippen molar-refractivity contribution in [3.05, 3.63) is 87.9 Å². The van der Waals surface area contributed by atoms with E-state index in [4.69, 9.17) is 16.1 Å². The predicted octanol–water partition coefficient (Wildman–Crippen LogP) is 5.45. The van der Waals surface area contributed by atoms with Crippen LogP contribution in [0, 0.1) is 0 Å². The monoisotopic (exact) mass is 473 g/mol. The number of hydrogen-bond donors (Lipinski definition) is 0. The standard InChI is InChI=1S/C26H24ClN5O2/c1-26(2,3)18-9-5-17(6-10-18)24-29-21(34-30-24)14-32-15-28-22-20(13-31(4)23(22)25(32)33)16-7-11-19(27)12-8-16/h5-13,15H,14H2,1-4H3. The molecule has 5 aromatic rings. The van der Waals surface area contributed by atoms with Gasteiger partial charge in [0.25, 0.3) is 5.56 Å². The molecule has 3 heterocycles. The lowest BCUT2D eigenvalue weighted by atomic mass is 9.87. The zero-order valence-corrected chi connectivity index (χ0v) is 20.2. The van der Waals surface area contributed by atoms with Crippen LogP contribution in [0.2, 0.25) is 5.02 Å². The summed E-state index contributed by atoms with van der Waals surface area (Å²) < 4.78 is 8.71. The van der Waals surface area contributed by atoms with Crippen molar-refractivity contribution in [3.63, 3.8) is 0 Å². The summed E-state index contributed by atoms with van der Waals surface area (Å²) in [5.41, 5.74) is 4.93. The summed E-state index contributed by atoms with van der Waals surface area (Å²) in [5.74, 6) is 0.826. The Morgan fingerprint density at radius 3 is 2.35 bits per heavy atom. The number of rotatable bonds is 4. The lowest BCUT2D eigenvalue weighted by Crippen LogP contribution is -2.22. The van der Waals surface area contributed by atoms with Crippen LogP contribution in [0.15, 0.2) is 70.4 Å². The maximum Gasteiger partial charge on any atom is 0.278 e. The number of aryl methyl sites for hydroxylation is 1. The van der Waals surface area contributed by atoms with E-state index in [-0.39, 0.29) is 17.5 Å². The van der Waals surface area contributed by atoms with Gasteiger partial charge < -0.3 is 9.09 Å². The lowest BCUT2D eigenvalue weighted by Gasteiger charge is -2.18. The van der Waals surface area contributed by atoms with Crippen molar-refractivity contribution in [1.29, 1.82) is 0 Å². The van der Waals surface area contributed by atoms with Gasteiger partial charge in [-0.05, 0) is 28.7 Å². The van der Waals surface area contributed by atoms with Crippen molar-refractivity contribution in [2.45, 2.75) is 32.7 Å². The van der Waals surface area contributed by atoms with Gasteiger partial charge in [0.05, 0.1) is 6.33 Å². The van der Waals surface area contributed by atoms with E-state index in [0.29, 0.717) is 27.8 Å². The number of fused-ring (bicyclic) bond motifs is 1. The Hall–Kier alpha value is -3.71. The zero-order valence-electron chi connectivity index (χ0n) is 19.4. The van der Waals surface area contributed by atoms with Crippen LogP contribution in [0.4, 0.5) is 0 Å². The van der Waals surface area contributed by atoms with Crippen LogP contribution in [0.25, 0.3) is 33.5 Å². The molecule has 3 aromatic heterocycles. The molecule has 0 saturated carbocycles. The molecule has 0 amide bonds. The van der Waals surface area contributed by atoms with Crippen LogP contribution < -0.4 is 5.56 Å². The average molecular weight is 474 g/mol. The minimum atomic E-state index is -0.179. The SMILES string of the molecule is Cn1cc(-c2ccc(Cl)cc2)c2ncn(Cc3nc(-c4ccc(C(C)(C)C)cc4)no3)c(=O)c21. The third-order valence-electron chi connectivity index (χ3n) is 5.88. The van der Waals surface area contributed by atoms with Gasteiger partial charge in [-0.2, -0.15) is 4.98 Å². The van der Waals surface area contributed by atoms with E-state index in [1.54, 1.807) is 4.57 Å². The molecule has 0 saturated heterocycles. The molecule has 0 atom stereocenters. The zero-order chi connectivity index (χ0) is 24.0. The third-order valence-corrected chi connectivity index (χ3v) is 6.13. The van der Waals surface area contributed by atoms with E-state index in [9.17, 15) is 4.79 Å². The highest BCUT2D eigenvalue weighted by Gasteiger charge is 2.17. The molecule has 0 aliphatic rings. The molecule has 0 aliphatic heterocycles. The molecule has 0 radical (unpaired) electrons. The summed E-state index contributed by atoms with van der Waals surface area (Å²) in [6, 6.07) is 15.6.